The van der Waals surface area contributed by atoms with Crippen LogP contribution >= 0.6 is 0 Å². The van der Waals surface area contributed by atoms with Gasteiger partial charge in [0, 0.05) is 24.2 Å². The van der Waals surface area contributed by atoms with Crippen LogP contribution in [0.15, 0.2) is 54.6 Å². The van der Waals surface area contributed by atoms with Gasteiger partial charge >= 0.3 is 0 Å². The molecule has 3 rings (SSSR count). The number of hydrogen-bond acceptors (Lipinski definition) is 3. The Hall–Kier alpha value is -2.46. The minimum atomic E-state index is -0.344. The first kappa shape index (κ1) is 16.4. The molecule has 2 aromatic carbocycles. The summed E-state index contributed by atoms with van der Waals surface area (Å²) in [7, 11) is 0. The molecular formula is C20H21NO3. The summed E-state index contributed by atoms with van der Waals surface area (Å²) in [4.78, 5) is 27.4. The van der Waals surface area contributed by atoms with Gasteiger partial charge in [-0.3, -0.25) is 9.59 Å². The topological polar surface area (TPSA) is 57.6 Å². The molecule has 1 heterocycles. The highest BCUT2D eigenvalue weighted by atomic mass is 16.3. The van der Waals surface area contributed by atoms with Gasteiger partial charge in [-0.1, -0.05) is 48.5 Å². The molecule has 4 heteroatoms. The molecule has 1 N–H and O–H groups in total. The molecule has 1 amide bonds. The molecule has 1 atom stereocenters. The van der Waals surface area contributed by atoms with Crippen LogP contribution in [0.5, 0.6) is 0 Å². The second-order valence-corrected chi connectivity index (χ2v) is 6.12. The Morgan fingerprint density at radius 1 is 0.875 bits per heavy atom. The normalized spacial score (nSPS) is 18.0. The van der Waals surface area contributed by atoms with E-state index in [4.69, 9.17) is 0 Å². The zero-order valence-electron chi connectivity index (χ0n) is 13.5. The number of nitrogens with zero attached hydrogens (tertiary/aromatic N) is 1. The number of likely N-dealkylation sites (tertiary alicyclic amines) is 1. The third-order valence-corrected chi connectivity index (χ3v) is 4.42. The lowest BCUT2D eigenvalue weighted by Crippen LogP contribution is -2.33. The number of hydrogen-bond donors (Lipinski definition) is 1. The second-order valence-electron chi connectivity index (χ2n) is 6.12. The molecule has 0 spiro atoms. The average Bonchev–Trinajstić information content (AvgIpc) is 2.86. The highest BCUT2D eigenvalue weighted by Gasteiger charge is 2.24. The van der Waals surface area contributed by atoms with Crippen molar-refractivity contribution in [3.8, 4) is 0 Å². The van der Waals surface area contributed by atoms with Crippen LogP contribution < -0.4 is 0 Å². The van der Waals surface area contributed by atoms with Gasteiger partial charge in [0.05, 0.1) is 11.7 Å². The van der Waals surface area contributed by atoms with Crippen LogP contribution in [0.25, 0.3) is 0 Å². The van der Waals surface area contributed by atoms with Gasteiger partial charge in [-0.15, -0.1) is 0 Å². The highest BCUT2D eigenvalue weighted by Crippen LogP contribution is 2.19. The van der Waals surface area contributed by atoms with Gasteiger partial charge < -0.3 is 10.0 Å². The van der Waals surface area contributed by atoms with Gasteiger partial charge in [0.25, 0.3) is 5.91 Å². The SMILES string of the molecule is O=C(c1ccccc1)c1ccccc1C(=O)N1CCC[C@H](O)CC1. The molecule has 0 aliphatic carbocycles. The molecule has 124 valence electrons. The quantitative estimate of drug-likeness (QED) is 0.884. The van der Waals surface area contributed by atoms with Crippen molar-refractivity contribution in [1.29, 1.82) is 0 Å². The number of carbonyl (C=O) groups excluding carboxylic acids is 2. The largest absolute Gasteiger partial charge is 0.393 e. The maximum absolute atomic E-state index is 12.9. The number of carbonyl (C=O) groups is 2. The Labute approximate surface area is 141 Å². The maximum atomic E-state index is 12.9. The van der Waals surface area contributed by atoms with E-state index >= 15 is 0 Å². The van der Waals surface area contributed by atoms with Crippen molar-refractivity contribution in [2.75, 3.05) is 13.1 Å². The van der Waals surface area contributed by atoms with Crippen molar-refractivity contribution in [3.63, 3.8) is 0 Å². The Balaban J connectivity index is 1.89. The van der Waals surface area contributed by atoms with Crippen LogP contribution in [0.2, 0.25) is 0 Å². The fourth-order valence-electron chi connectivity index (χ4n) is 3.06. The van der Waals surface area contributed by atoms with Crippen molar-refractivity contribution >= 4 is 11.7 Å². The average molecular weight is 323 g/mol. The number of benzene rings is 2. The predicted octanol–water partition coefficient (Wildman–Crippen LogP) is 2.90. The minimum absolute atomic E-state index is 0.135. The first-order valence-corrected chi connectivity index (χ1v) is 8.33. The van der Waals surface area contributed by atoms with E-state index in [2.05, 4.69) is 0 Å². The van der Waals surface area contributed by atoms with Gasteiger partial charge in [0.2, 0.25) is 0 Å². The van der Waals surface area contributed by atoms with Gasteiger partial charge in [0.15, 0.2) is 5.78 Å². The van der Waals surface area contributed by atoms with E-state index in [1.54, 1.807) is 41.3 Å². The van der Waals surface area contributed by atoms with Crippen molar-refractivity contribution in [2.24, 2.45) is 0 Å². The zero-order valence-corrected chi connectivity index (χ0v) is 13.5. The van der Waals surface area contributed by atoms with Crippen molar-refractivity contribution < 1.29 is 14.7 Å². The number of amides is 1. The van der Waals surface area contributed by atoms with Crippen molar-refractivity contribution in [2.45, 2.75) is 25.4 Å². The predicted molar refractivity (Wildman–Crippen MR) is 92.1 cm³/mol. The zero-order chi connectivity index (χ0) is 16.9. The summed E-state index contributed by atoms with van der Waals surface area (Å²) in [6.07, 6.45) is 1.74. The third-order valence-electron chi connectivity index (χ3n) is 4.42. The number of aliphatic hydroxyl groups excluding tert-OH is 1. The van der Waals surface area contributed by atoms with Crippen LogP contribution in [0.4, 0.5) is 0 Å². The summed E-state index contributed by atoms with van der Waals surface area (Å²) in [6, 6.07) is 16.0. The molecule has 1 fully saturated rings. The van der Waals surface area contributed by atoms with E-state index in [1.807, 2.05) is 18.2 Å². The molecule has 0 unspecified atom stereocenters. The van der Waals surface area contributed by atoms with Gasteiger partial charge in [-0.2, -0.15) is 0 Å². The minimum Gasteiger partial charge on any atom is -0.393 e. The van der Waals surface area contributed by atoms with E-state index in [0.29, 0.717) is 42.6 Å². The van der Waals surface area contributed by atoms with Gasteiger partial charge in [-0.25, -0.2) is 0 Å². The van der Waals surface area contributed by atoms with Crippen LogP contribution in [-0.2, 0) is 0 Å². The molecule has 0 bridgehead atoms. The Bertz CT molecular complexity index is 727. The smallest absolute Gasteiger partial charge is 0.254 e. The number of aliphatic hydroxyl groups is 1. The lowest BCUT2D eigenvalue weighted by molar-refractivity contribution is 0.0749. The van der Waals surface area contributed by atoms with Crippen LogP contribution in [-0.4, -0.2) is 40.9 Å². The molecule has 0 radical (unpaired) electrons. The summed E-state index contributed by atoms with van der Waals surface area (Å²) in [5.41, 5.74) is 1.44. The summed E-state index contributed by atoms with van der Waals surface area (Å²) in [6.45, 7) is 1.14. The lowest BCUT2D eigenvalue weighted by Gasteiger charge is -2.21. The molecular weight excluding hydrogens is 302 g/mol. The van der Waals surface area contributed by atoms with Crippen LogP contribution in [0.1, 0.15) is 45.5 Å². The lowest BCUT2D eigenvalue weighted by atomic mass is 9.97. The maximum Gasteiger partial charge on any atom is 0.254 e. The summed E-state index contributed by atoms with van der Waals surface area (Å²) in [5, 5.41) is 9.76. The number of ketones is 1. The highest BCUT2D eigenvalue weighted by molar-refractivity contribution is 6.15. The Morgan fingerprint density at radius 3 is 2.29 bits per heavy atom. The molecule has 0 saturated carbocycles. The molecule has 24 heavy (non-hydrogen) atoms. The van der Waals surface area contributed by atoms with E-state index in [0.717, 1.165) is 6.42 Å². The van der Waals surface area contributed by atoms with Crippen molar-refractivity contribution in [3.05, 3.63) is 71.3 Å². The summed E-state index contributed by atoms with van der Waals surface area (Å²) in [5.74, 6) is -0.279. The fourth-order valence-corrected chi connectivity index (χ4v) is 3.06. The monoisotopic (exact) mass is 323 g/mol. The number of rotatable bonds is 3. The molecule has 1 saturated heterocycles. The Kier molecular flexibility index (Phi) is 5.06. The van der Waals surface area contributed by atoms with Crippen LogP contribution in [0, 0.1) is 0 Å². The standard InChI is InChI=1S/C20H21NO3/c22-16-9-6-13-21(14-12-16)20(24)18-11-5-4-10-17(18)19(23)15-7-2-1-3-8-15/h1-5,7-8,10-11,16,22H,6,9,12-14H2/t16-/m0/s1. The van der Waals surface area contributed by atoms with Crippen LogP contribution in [0.3, 0.4) is 0 Å². The first-order chi connectivity index (χ1) is 11.7. The van der Waals surface area contributed by atoms with E-state index in [1.165, 1.54) is 0 Å². The Morgan fingerprint density at radius 2 is 1.54 bits per heavy atom. The van der Waals surface area contributed by atoms with Gasteiger partial charge in [-0.05, 0) is 25.3 Å². The van der Waals surface area contributed by atoms with E-state index < -0.39 is 0 Å². The van der Waals surface area contributed by atoms with E-state index in [-0.39, 0.29) is 17.8 Å². The molecule has 1 aliphatic rings. The first-order valence-electron chi connectivity index (χ1n) is 8.33. The second kappa shape index (κ2) is 7.41. The molecule has 1 aliphatic heterocycles. The van der Waals surface area contributed by atoms with Crippen molar-refractivity contribution in [1.82, 2.24) is 4.90 Å². The molecule has 4 nitrogen and oxygen atoms in total. The third kappa shape index (κ3) is 3.54. The van der Waals surface area contributed by atoms with Gasteiger partial charge in [0.1, 0.15) is 0 Å². The van der Waals surface area contributed by atoms with E-state index in [9.17, 15) is 14.7 Å². The summed E-state index contributed by atoms with van der Waals surface area (Å²) >= 11 is 0. The summed E-state index contributed by atoms with van der Waals surface area (Å²) < 4.78 is 0. The fraction of sp³-hybridized carbons (Fsp3) is 0.300. The molecule has 0 aromatic heterocycles. The molecule has 2 aromatic rings.